The lowest BCUT2D eigenvalue weighted by Gasteiger charge is -2.49. The van der Waals surface area contributed by atoms with Crippen LogP contribution in [0.2, 0.25) is 0 Å². The van der Waals surface area contributed by atoms with E-state index in [0.29, 0.717) is 31.9 Å². The molecule has 3 aliphatic rings. The summed E-state index contributed by atoms with van der Waals surface area (Å²) in [4.78, 5) is 17.0. The SMILES string of the molecule is N#Cc1cccc(N2CCCC3(CN(C(=O)[C@H]4CCCO4)CCO3)C2)c1. The predicted octanol–water partition coefficient (Wildman–Crippen LogP) is 1.94. The minimum absolute atomic E-state index is 0.119. The lowest BCUT2D eigenvalue weighted by atomic mass is 9.90. The first-order valence-electron chi connectivity index (χ1n) is 9.49. The number of nitrogens with zero attached hydrogens (tertiary/aromatic N) is 3. The third kappa shape index (κ3) is 3.42. The van der Waals surface area contributed by atoms with Crippen LogP contribution in [0.5, 0.6) is 0 Å². The molecule has 2 atom stereocenters. The fraction of sp³-hybridized carbons (Fsp3) is 0.600. The Labute approximate surface area is 154 Å². The van der Waals surface area contributed by atoms with Crippen LogP contribution in [0.3, 0.4) is 0 Å². The lowest BCUT2D eigenvalue weighted by Crippen LogP contribution is -2.61. The number of piperidine rings is 1. The van der Waals surface area contributed by atoms with E-state index in [9.17, 15) is 4.79 Å². The van der Waals surface area contributed by atoms with Crippen molar-refractivity contribution in [2.45, 2.75) is 37.4 Å². The molecule has 3 saturated heterocycles. The van der Waals surface area contributed by atoms with Crippen LogP contribution in [-0.4, -0.2) is 61.9 Å². The quantitative estimate of drug-likeness (QED) is 0.811. The highest BCUT2D eigenvalue weighted by Gasteiger charge is 2.43. The highest BCUT2D eigenvalue weighted by atomic mass is 16.5. The summed E-state index contributed by atoms with van der Waals surface area (Å²) in [7, 11) is 0. The van der Waals surface area contributed by atoms with Gasteiger partial charge in [0.15, 0.2) is 0 Å². The molecule has 0 bridgehead atoms. The molecular weight excluding hydrogens is 330 g/mol. The van der Waals surface area contributed by atoms with Gasteiger partial charge in [0.1, 0.15) is 11.7 Å². The van der Waals surface area contributed by atoms with Crippen molar-refractivity contribution in [2.75, 3.05) is 44.3 Å². The Morgan fingerprint density at radius 1 is 1.23 bits per heavy atom. The number of nitriles is 1. The second kappa shape index (κ2) is 7.26. The van der Waals surface area contributed by atoms with E-state index in [4.69, 9.17) is 14.7 Å². The molecule has 1 spiro atoms. The fourth-order valence-electron chi connectivity index (χ4n) is 4.35. The van der Waals surface area contributed by atoms with Crippen molar-refractivity contribution in [3.63, 3.8) is 0 Å². The standard InChI is InChI=1S/C20H25N3O3/c21-13-16-4-1-5-17(12-16)22-8-3-7-20(14-22)15-23(9-11-26-20)19(24)18-6-2-10-25-18/h1,4-5,12,18H,2-3,6-11,14-15H2/t18-,20?/m1/s1. The van der Waals surface area contributed by atoms with Crippen LogP contribution < -0.4 is 4.90 Å². The van der Waals surface area contributed by atoms with Crippen LogP contribution in [0.25, 0.3) is 0 Å². The predicted molar refractivity (Wildman–Crippen MR) is 96.8 cm³/mol. The Hall–Kier alpha value is -2.10. The summed E-state index contributed by atoms with van der Waals surface area (Å²) in [6.07, 6.45) is 3.50. The van der Waals surface area contributed by atoms with Gasteiger partial charge < -0.3 is 19.3 Å². The van der Waals surface area contributed by atoms with Crippen LogP contribution in [0, 0.1) is 11.3 Å². The molecule has 3 aliphatic heterocycles. The first kappa shape index (κ1) is 17.3. The van der Waals surface area contributed by atoms with E-state index < -0.39 is 0 Å². The second-order valence-electron chi connectivity index (χ2n) is 7.48. The largest absolute Gasteiger partial charge is 0.369 e. The van der Waals surface area contributed by atoms with E-state index in [0.717, 1.165) is 44.5 Å². The molecule has 3 heterocycles. The monoisotopic (exact) mass is 355 g/mol. The minimum atomic E-state index is -0.326. The van der Waals surface area contributed by atoms with Crippen LogP contribution >= 0.6 is 0 Å². The third-order valence-corrected chi connectivity index (χ3v) is 5.65. The van der Waals surface area contributed by atoms with Crippen molar-refractivity contribution in [3.05, 3.63) is 29.8 Å². The topological polar surface area (TPSA) is 65.8 Å². The van der Waals surface area contributed by atoms with Gasteiger partial charge in [0.2, 0.25) is 0 Å². The fourth-order valence-corrected chi connectivity index (χ4v) is 4.35. The molecule has 26 heavy (non-hydrogen) atoms. The maximum Gasteiger partial charge on any atom is 0.251 e. The molecule has 3 fully saturated rings. The third-order valence-electron chi connectivity index (χ3n) is 5.65. The number of morpholine rings is 1. The van der Waals surface area contributed by atoms with Gasteiger partial charge in [-0.15, -0.1) is 0 Å². The van der Waals surface area contributed by atoms with E-state index in [1.165, 1.54) is 0 Å². The zero-order chi connectivity index (χ0) is 18.0. The van der Waals surface area contributed by atoms with E-state index in [1.807, 2.05) is 29.2 Å². The van der Waals surface area contributed by atoms with E-state index in [2.05, 4.69) is 11.0 Å². The summed E-state index contributed by atoms with van der Waals surface area (Å²) in [6.45, 7) is 4.22. The van der Waals surface area contributed by atoms with Gasteiger partial charge in [0.05, 0.1) is 24.8 Å². The molecule has 4 rings (SSSR count). The van der Waals surface area contributed by atoms with Gasteiger partial charge in [0, 0.05) is 31.9 Å². The molecule has 0 radical (unpaired) electrons. The highest BCUT2D eigenvalue weighted by molar-refractivity contribution is 5.81. The van der Waals surface area contributed by atoms with Gasteiger partial charge in [0.25, 0.3) is 5.91 Å². The summed E-state index contributed by atoms with van der Waals surface area (Å²) < 4.78 is 11.8. The Balaban J connectivity index is 1.48. The number of benzene rings is 1. The second-order valence-corrected chi connectivity index (χ2v) is 7.48. The first-order chi connectivity index (χ1) is 12.7. The van der Waals surface area contributed by atoms with Gasteiger partial charge in [-0.3, -0.25) is 4.79 Å². The Kier molecular flexibility index (Phi) is 4.84. The number of anilines is 1. The van der Waals surface area contributed by atoms with Gasteiger partial charge in [-0.1, -0.05) is 6.07 Å². The summed E-state index contributed by atoms with van der Waals surface area (Å²) in [6, 6.07) is 9.92. The van der Waals surface area contributed by atoms with Gasteiger partial charge >= 0.3 is 0 Å². The number of hydrogen-bond donors (Lipinski definition) is 0. The van der Waals surface area contributed by atoms with Crippen molar-refractivity contribution in [1.29, 1.82) is 5.26 Å². The van der Waals surface area contributed by atoms with Gasteiger partial charge in [-0.25, -0.2) is 0 Å². The lowest BCUT2D eigenvalue weighted by molar-refractivity contribution is -0.160. The number of hydrogen-bond acceptors (Lipinski definition) is 5. The molecule has 6 nitrogen and oxygen atoms in total. The number of amides is 1. The average Bonchev–Trinajstić information content (AvgIpc) is 3.22. The maximum absolute atomic E-state index is 12.8. The van der Waals surface area contributed by atoms with Crippen LogP contribution in [0.15, 0.2) is 24.3 Å². The number of carbonyl (C=O) groups excluding carboxylic acids is 1. The molecule has 1 amide bonds. The summed E-state index contributed by atoms with van der Waals surface area (Å²) >= 11 is 0. The smallest absolute Gasteiger partial charge is 0.251 e. The molecule has 1 unspecified atom stereocenters. The molecular formula is C20H25N3O3. The molecule has 1 aromatic carbocycles. The molecule has 1 aromatic rings. The van der Waals surface area contributed by atoms with Crippen molar-refractivity contribution in [3.8, 4) is 6.07 Å². The zero-order valence-electron chi connectivity index (χ0n) is 15.0. The Morgan fingerprint density at radius 2 is 2.15 bits per heavy atom. The maximum atomic E-state index is 12.8. The number of ether oxygens (including phenoxy) is 2. The van der Waals surface area contributed by atoms with Gasteiger partial charge in [-0.2, -0.15) is 5.26 Å². The number of carbonyl (C=O) groups is 1. The zero-order valence-corrected chi connectivity index (χ0v) is 15.0. The van der Waals surface area contributed by atoms with Crippen molar-refractivity contribution < 1.29 is 14.3 Å². The summed E-state index contributed by atoms with van der Waals surface area (Å²) in [5.74, 6) is 0.119. The van der Waals surface area contributed by atoms with E-state index in [-0.39, 0.29) is 17.6 Å². The molecule has 0 saturated carbocycles. The van der Waals surface area contributed by atoms with Crippen molar-refractivity contribution >= 4 is 11.6 Å². The molecule has 6 heteroatoms. The molecule has 0 aromatic heterocycles. The van der Waals surface area contributed by atoms with Crippen LogP contribution in [-0.2, 0) is 14.3 Å². The molecule has 0 N–H and O–H groups in total. The van der Waals surface area contributed by atoms with Crippen LogP contribution in [0.1, 0.15) is 31.2 Å². The van der Waals surface area contributed by atoms with Crippen molar-refractivity contribution in [2.24, 2.45) is 0 Å². The normalized spacial score (nSPS) is 29.0. The van der Waals surface area contributed by atoms with E-state index in [1.54, 1.807) is 0 Å². The molecule has 138 valence electrons. The Morgan fingerprint density at radius 3 is 2.96 bits per heavy atom. The van der Waals surface area contributed by atoms with E-state index >= 15 is 0 Å². The minimum Gasteiger partial charge on any atom is -0.369 e. The number of rotatable bonds is 2. The highest BCUT2D eigenvalue weighted by Crippen LogP contribution is 2.32. The van der Waals surface area contributed by atoms with Gasteiger partial charge in [-0.05, 0) is 43.9 Å². The first-order valence-corrected chi connectivity index (χ1v) is 9.49. The average molecular weight is 355 g/mol. The van der Waals surface area contributed by atoms with Crippen LogP contribution in [0.4, 0.5) is 5.69 Å². The summed E-state index contributed by atoms with van der Waals surface area (Å²) in [5, 5.41) is 9.15. The van der Waals surface area contributed by atoms with Crippen molar-refractivity contribution in [1.82, 2.24) is 4.90 Å². The summed E-state index contributed by atoms with van der Waals surface area (Å²) in [5.41, 5.74) is 1.39. The Bertz CT molecular complexity index is 706. The molecule has 0 aliphatic carbocycles.